The topological polar surface area (TPSA) is 38.7 Å². The molecule has 3 aromatic carbocycles. The van der Waals surface area contributed by atoms with E-state index < -0.39 is 11.9 Å². The normalized spacial score (nSPS) is 22.3. The van der Waals surface area contributed by atoms with Crippen molar-refractivity contribution in [3.63, 3.8) is 0 Å². The first-order valence-electron chi connectivity index (χ1n) is 9.84. The van der Waals surface area contributed by atoms with Crippen LogP contribution >= 0.6 is 0 Å². The van der Waals surface area contributed by atoms with Crippen LogP contribution in [0.5, 0.6) is 0 Å². The van der Waals surface area contributed by atoms with Crippen LogP contribution in [-0.2, 0) is 15.1 Å². The van der Waals surface area contributed by atoms with E-state index in [2.05, 4.69) is 43.3 Å². The Morgan fingerprint density at radius 3 is 1.61 bits per heavy atom. The van der Waals surface area contributed by atoms with Crippen LogP contribution < -0.4 is 0 Å². The largest absolute Gasteiger partial charge is 0.368 e. The van der Waals surface area contributed by atoms with Gasteiger partial charge in [-0.05, 0) is 22.6 Å². The van der Waals surface area contributed by atoms with E-state index in [-0.39, 0.29) is 12.0 Å². The molecule has 0 amide bonds. The van der Waals surface area contributed by atoms with Crippen LogP contribution in [0.2, 0.25) is 0 Å². The summed E-state index contributed by atoms with van der Waals surface area (Å²) in [5.74, 6) is 0.245. The molecule has 0 radical (unpaired) electrons. The number of aliphatic hydroxyl groups excluding tert-OH is 1. The molecule has 0 spiro atoms. The average molecular weight is 374 g/mol. The number of hydrogen-bond donors (Lipinski definition) is 1. The third kappa shape index (κ3) is 3.61. The fourth-order valence-electron chi connectivity index (χ4n) is 4.04. The molecular formula is C25H26O3. The Balaban J connectivity index is 1.81. The van der Waals surface area contributed by atoms with Gasteiger partial charge >= 0.3 is 0 Å². The van der Waals surface area contributed by atoms with Gasteiger partial charge in [0.1, 0.15) is 5.60 Å². The van der Waals surface area contributed by atoms with Crippen molar-refractivity contribution in [2.75, 3.05) is 6.61 Å². The molecule has 0 bridgehead atoms. The van der Waals surface area contributed by atoms with Crippen molar-refractivity contribution in [3.05, 3.63) is 108 Å². The number of aliphatic hydroxyl groups is 1. The molecule has 0 aliphatic carbocycles. The van der Waals surface area contributed by atoms with Crippen molar-refractivity contribution < 1.29 is 14.6 Å². The molecule has 1 saturated heterocycles. The van der Waals surface area contributed by atoms with E-state index in [1.807, 2.05) is 54.6 Å². The maximum atomic E-state index is 9.87. The van der Waals surface area contributed by atoms with Gasteiger partial charge in [0.15, 0.2) is 6.29 Å². The fourth-order valence-corrected chi connectivity index (χ4v) is 4.04. The molecule has 1 aliphatic heterocycles. The highest BCUT2D eigenvalue weighted by Crippen LogP contribution is 2.41. The van der Waals surface area contributed by atoms with E-state index in [0.29, 0.717) is 13.0 Å². The number of benzene rings is 3. The van der Waals surface area contributed by atoms with Crippen LogP contribution in [-0.4, -0.2) is 24.1 Å². The smallest absolute Gasteiger partial charge is 0.155 e. The lowest BCUT2D eigenvalue weighted by Gasteiger charge is -2.37. The summed E-state index contributed by atoms with van der Waals surface area (Å²) in [6.07, 6.45) is -0.197. The minimum atomic E-state index is -0.750. The van der Waals surface area contributed by atoms with Crippen LogP contribution in [0.15, 0.2) is 91.0 Å². The van der Waals surface area contributed by atoms with E-state index >= 15 is 0 Å². The molecule has 0 aromatic heterocycles. The number of hydrogen-bond acceptors (Lipinski definition) is 3. The van der Waals surface area contributed by atoms with Gasteiger partial charge in [-0.15, -0.1) is 0 Å². The highest BCUT2D eigenvalue weighted by molar-refractivity contribution is 5.47. The van der Waals surface area contributed by atoms with E-state index in [9.17, 15) is 5.11 Å². The molecule has 1 aliphatic rings. The Kier molecular flexibility index (Phi) is 5.58. The summed E-state index contributed by atoms with van der Waals surface area (Å²) in [4.78, 5) is 0. The summed E-state index contributed by atoms with van der Waals surface area (Å²) in [7, 11) is 0. The molecule has 3 atom stereocenters. The van der Waals surface area contributed by atoms with Gasteiger partial charge in [-0.25, -0.2) is 0 Å². The van der Waals surface area contributed by atoms with Crippen LogP contribution in [0.3, 0.4) is 0 Å². The first kappa shape index (κ1) is 18.9. The highest BCUT2D eigenvalue weighted by atomic mass is 16.6. The summed E-state index contributed by atoms with van der Waals surface area (Å²) < 4.78 is 12.5. The summed E-state index contributed by atoms with van der Waals surface area (Å²) in [6, 6.07) is 30.9. The second-order valence-electron chi connectivity index (χ2n) is 7.43. The minimum Gasteiger partial charge on any atom is -0.368 e. The summed E-state index contributed by atoms with van der Waals surface area (Å²) >= 11 is 0. The first-order chi connectivity index (χ1) is 13.7. The lowest BCUT2D eigenvalue weighted by Crippen LogP contribution is -2.36. The van der Waals surface area contributed by atoms with Gasteiger partial charge in [-0.1, -0.05) is 97.9 Å². The quantitative estimate of drug-likeness (QED) is 0.634. The summed E-state index contributed by atoms with van der Waals surface area (Å²) in [5, 5.41) is 9.87. The fraction of sp³-hybridized carbons (Fsp3) is 0.280. The standard InChI is InChI=1S/C25H26O3/c1-19-17-24(26)28-23(19)18-27-25(20-11-5-2-6-12-20,21-13-7-3-8-14-21)22-15-9-4-10-16-22/h2-16,19,23-24,26H,17-18H2,1H3/t19-,23+,24?/m0/s1. The predicted molar refractivity (Wildman–Crippen MR) is 110 cm³/mol. The van der Waals surface area contributed by atoms with Crippen LogP contribution in [0.4, 0.5) is 0 Å². The zero-order valence-corrected chi connectivity index (χ0v) is 16.1. The van der Waals surface area contributed by atoms with Crippen molar-refractivity contribution in [2.24, 2.45) is 5.92 Å². The van der Waals surface area contributed by atoms with Crippen molar-refractivity contribution in [2.45, 2.75) is 31.3 Å². The lowest BCUT2D eigenvalue weighted by molar-refractivity contribution is -0.125. The molecule has 0 saturated carbocycles. The van der Waals surface area contributed by atoms with Crippen molar-refractivity contribution in [1.29, 1.82) is 0 Å². The molecule has 28 heavy (non-hydrogen) atoms. The SMILES string of the molecule is C[C@H]1CC(O)O[C@@H]1COC(c1ccccc1)(c1ccccc1)c1ccccc1. The second-order valence-corrected chi connectivity index (χ2v) is 7.43. The summed E-state index contributed by atoms with van der Waals surface area (Å²) in [6.45, 7) is 2.50. The molecule has 1 heterocycles. The van der Waals surface area contributed by atoms with Crippen LogP contribution in [0, 0.1) is 5.92 Å². The molecule has 144 valence electrons. The van der Waals surface area contributed by atoms with Crippen LogP contribution in [0.1, 0.15) is 30.0 Å². The highest BCUT2D eigenvalue weighted by Gasteiger charge is 2.40. The first-order valence-corrected chi connectivity index (χ1v) is 9.84. The second kappa shape index (κ2) is 8.27. The zero-order chi connectivity index (χ0) is 19.4. The molecule has 3 nitrogen and oxygen atoms in total. The monoisotopic (exact) mass is 374 g/mol. The Hall–Kier alpha value is -2.46. The van der Waals surface area contributed by atoms with E-state index in [1.54, 1.807) is 0 Å². The molecule has 1 N–H and O–H groups in total. The molecule has 3 heteroatoms. The van der Waals surface area contributed by atoms with E-state index in [1.165, 1.54) is 0 Å². The maximum absolute atomic E-state index is 9.87. The van der Waals surface area contributed by atoms with Gasteiger partial charge in [-0.2, -0.15) is 0 Å². The minimum absolute atomic E-state index is 0.134. The zero-order valence-electron chi connectivity index (χ0n) is 16.1. The van der Waals surface area contributed by atoms with Crippen molar-refractivity contribution in [3.8, 4) is 0 Å². The third-order valence-corrected chi connectivity index (χ3v) is 5.55. The van der Waals surface area contributed by atoms with Crippen LogP contribution in [0.25, 0.3) is 0 Å². The molecular weight excluding hydrogens is 348 g/mol. The molecule has 1 fully saturated rings. The van der Waals surface area contributed by atoms with Gasteiger partial charge in [0, 0.05) is 6.42 Å². The van der Waals surface area contributed by atoms with Gasteiger partial charge < -0.3 is 14.6 Å². The Morgan fingerprint density at radius 1 is 0.821 bits per heavy atom. The van der Waals surface area contributed by atoms with Crippen molar-refractivity contribution >= 4 is 0 Å². The third-order valence-electron chi connectivity index (χ3n) is 5.55. The lowest BCUT2D eigenvalue weighted by atomic mass is 9.80. The maximum Gasteiger partial charge on any atom is 0.155 e. The Bertz CT molecular complexity index is 767. The van der Waals surface area contributed by atoms with Gasteiger partial charge in [0.2, 0.25) is 0 Å². The molecule has 4 rings (SSSR count). The molecule has 1 unspecified atom stereocenters. The Morgan fingerprint density at radius 2 is 1.25 bits per heavy atom. The number of ether oxygens (including phenoxy) is 2. The van der Waals surface area contributed by atoms with Gasteiger partial charge in [0.25, 0.3) is 0 Å². The van der Waals surface area contributed by atoms with E-state index in [4.69, 9.17) is 9.47 Å². The average Bonchev–Trinajstić information content (AvgIpc) is 3.08. The van der Waals surface area contributed by atoms with Crippen molar-refractivity contribution in [1.82, 2.24) is 0 Å². The Labute approximate surface area is 166 Å². The number of rotatable bonds is 6. The predicted octanol–water partition coefficient (Wildman–Crippen LogP) is 4.74. The summed E-state index contributed by atoms with van der Waals surface area (Å²) in [5.41, 5.74) is 2.45. The molecule has 3 aromatic rings. The van der Waals surface area contributed by atoms with Gasteiger partial charge in [-0.3, -0.25) is 0 Å². The van der Waals surface area contributed by atoms with E-state index in [0.717, 1.165) is 16.7 Å². The van der Waals surface area contributed by atoms with Gasteiger partial charge in [0.05, 0.1) is 12.7 Å².